The second kappa shape index (κ2) is 3.73. The van der Waals surface area contributed by atoms with Crippen LogP contribution in [0.4, 0.5) is 10.5 Å². The lowest BCUT2D eigenvalue weighted by Gasteiger charge is -2.19. The van der Waals surface area contributed by atoms with E-state index in [9.17, 15) is 14.4 Å². The molecule has 0 aromatic carbocycles. The number of aromatic nitrogens is 1. The minimum absolute atomic E-state index is 0.279. The first-order chi connectivity index (χ1) is 7.98. The van der Waals surface area contributed by atoms with E-state index >= 15 is 0 Å². The van der Waals surface area contributed by atoms with Crippen LogP contribution in [-0.4, -0.2) is 22.5 Å². The number of urea groups is 1. The number of hydrogen-bond donors (Lipinski definition) is 2. The Balaban J connectivity index is 2.40. The van der Waals surface area contributed by atoms with E-state index in [-0.39, 0.29) is 11.5 Å². The zero-order chi connectivity index (χ0) is 12.6. The van der Waals surface area contributed by atoms with Gasteiger partial charge in [0.15, 0.2) is 0 Å². The number of nitrogens with one attached hydrogen (secondary N) is 2. The van der Waals surface area contributed by atoms with Crippen molar-refractivity contribution < 1.29 is 9.59 Å². The number of hydrogen-bond acceptors (Lipinski definition) is 3. The van der Waals surface area contributed by atoms with E-state index in [4.69, 9.17) is 0 Å². The van der Waals surface area contributed by atoms with Gasteiger partial charge in [0.05, 0.1) is 5.69 Å². The number of pyridine rings is 1. The molecule has 1 fully saturated rings. The molecule has 1 atom stereocenters. The third-order valence-corrected chi connectivity index (χ3v) is 2.99. The van der Waals surface area contributed by atoms with Gasteiger partial charge in [0.2, 0.25) is 5.56 Å². The fraction of sp³-hybridized carbons (Fsp3) is 0.364. The SMILES string of the molecule is CC[C@@]1(C)NC(=O)N(c2ccc(=O)[nH]c2)C1=O. The summed E-state index contributed by atoms with van der Waals surface area (Å²) >= 11 is 0. The molecule has 0 unspecified atom stereocenters. The third-order valence-electron chi connectivity index (χ3n) is 2.99. The Morgan fingerprint density at radius 1 is 1.29 bits per heavy atom. The summed E-state index contributed by atoms with van der Waals surface area (Å²) in [6.45, 7) is 3.51. The van der Waals surface area contributed by atoms with E-state index in [2.05, 4.69) is 10.3 Å². The number of carbonyl (C=O) groups excluding carboxylic acids is 2. The predicted molar refractivity (Wildman–Crippen MR) is 61.8 cm³/mol. The average Bonchev–Trinajstić information content (AvgIpc) is 2.53. The molecular weight excluding hydrogens is 222 g/mol. The third kappa shape index (κ3) is 1.71. The van der Waals surface area contributed by atoms with Crippen LogP contribution in [0.1, 0.15) is 20.3 Å². The minimum Gasteiger partial charge on any atom is -0.327 e. The van der Waals surface area contributed by atoms with Gasteiger partial charge in [-0.1, -0.05) is 6.92 Å². The molecule has 0 radical (unpaired) electrons. The molecule has 17 heavy (non-hydrogen) atoms. The van der Waals surface area contributed by atoms with Crippen LogP contribution >= 0.6 is 0 Å². The average molecular weight is 235 g/mol. The largest absolute Gasteiger partial charge is 0.329 e. The van der Waals surface area contributed by atoms with Crippen LogP contribution in [0.5, 0.6) is 0 Å². The van der Waals surface area contributed by atoms with E-state index in [1.54, 1.807) is 6.92 Å². The predicted octanol–water partition coefficient (Wildman–Crippen LogP) is 0.600. The number of carbonyl (C=O) groups is 2. The molecule has 1 aliphatic rings. The fourth-order valence-corrected chi connectivity index (χ4v) is 1.70. The maximum atomic E-state index is 12.1. The highest BCUT2D eigenvalue weighted by Gasteiger charge is 2.47. The lowest BCUT2D eigenvalue weighted by atomic mass is 9.99. The molecule has 2 N–H and O–H groups in total. The highest BCUT2D eigenvalue weighted by atomic mass is 16.2. The van der Waals surface area contributed by atoms with Crippen molar-refractivity contribution in [3.05, 3.63) is 28.7 Å². The topological polar surface area (TPSA) is 82.3 Å². The van der Waals surface area contributed by atoms with E-state index in [1.165, 1.54) is 18.3 Å². The van der Waals surface area contributed by atoms with Crippen LogP contribution in [0.3, 0.4) is 0 Å². The molecule has 90 valence electrons. The first-order valence-electron chi connectivity index (χ1n) is 5.33. The smallest absolute Gasteiger partial charge is 0.327 e. The van der Waals surface area contributed by atoms with Gasteiger partial charge in [0.25, 0.3) is 5.91 Å². The maximum absolute atomic E-state index is 12.1. The molecule has 0 spiro atoms. The Bertz CT molecular complexity index is 517. The van der Waals surface area contributed by atoms with Crippen molar-refractivity contribution in [3.63, 3.8) is 0 Å². The van der Waals surface area contributed by atoms with E-state index in [0.29, 0.717) is 12.1 Å². The normalized spacial score (nSPS) is 24.0. The fourth-order valence-electron chi connectivity index (χ4n) is 1.70. The Kier molecular flexibility index (Phi) is 2.49. The molecule has 1 aromatic heterocycles. The molecule has 2 heterocycles. The van der Waals surface area contributed by atoms with Crippen molar-refractivity contribution in [1.29, 1.82) is 0 Å². The van der Waals surface area contributed by atoms with E-state index < -0.39 is 11.6 Å². The van der Waals surface area contributed by atoms with Crippen molar-refractivity contribution >= 4 is 17.6 Å². The lowest BCUT2D eigenvalue weighted by molar-refractivity contribution is -0.121. The molecule has 2 rings (SSSR count). The second-order valence-corrected chi connectivity index (χ2v) is 4.17. The minimum atomic E-state index is -0.868. The van der Waals surface area contributed by atoms with Gasteiger partial charge in [-0.25, -0.2) is 9.69 Å². The van der Waals surface area contributed by atoms with Crippen LogP contribution < -0.4 is 15.8 Å². The first kappa shape index (κ1) is 11.4. The Labute approximate surface area is 97.6 Å². The number of imide groups is 1. The Morgan fingerprint density at radius 2 is 2.00 bits per heavy atom. The van der Waals surface area contributed by atoms with Crippen molar-refractivity contribution in [2.45, 2.75) is 25.8 Å². The zero-order valence-electron chi connectivity index (χ0n) is 9.61. The highest BCUT2D eigenvalue weighted by molar-refractivity contribution is 6.23. The molecule has 1 aromatic rings. The van der Waals surface area contributed by atoms with Crippen molar-refractivity contribution in [2.24, 2.45) is 0 Å². The standard InChI is InChI=1S/C11H13N3O3/c1-3-11(2)9(16)14(10(17)13-11)7-4-5-8(15)12-6-7/h4-6H,3H2,1-2H3,(H,12,15)(H,13,17)/t11-/m1/s1. The molecule has 0 aliphatic carbocycles. The summed E-state index contributed by atoms with van der Waals surface area (Å²) in [4.78, 5) is 38.2. The maximum Gasteiger partial charge on any atom is 0.329 e. The first-order valence-corrected chi connectivity index (χ1v) is 5.33. The molecule has 1 aliphatic heterocycles. The monoisotopic (exact) mass is 235 g/mol. The van der Waals surface area contributed by atoms with Gasteiger partial charge in [-0.2, -0.15) is 0 Å². The summed E-state index contributed by atoms with van der Waals surface area (Å²) in [6.07, 6.45) is 1.86. The number of amides is 3. The highest BCUT2D eigenvalue weighted by Crippen LogP contribution is 2.25. The van der Waals surface area contributed by atoms with Gasteiger partial charge < -0.3 is 10.3 Å². The molecular formula is C11H13N3O3. The number of aromatic amines is 1. The summed E-state index contributed by atoms with van der Waals surface area (Å²) < 4.78 is 0. The number of rotatable bonds is 2. The van der Waals surface area contributed by atoms with Gasteiger partial charge >= 0.3 is 6.03 Å². The van der Waals surface area contributed by atoms with Crippen molar-refractivity contribution in [1.82, 2.24) is 10.3 Å². The molecule has 3 amide bonds. The van der Waals surface area contributed by atoms with E-state index in [1.807, 2.05) is 6.92 Å². The van der Waals surface area contributed by atoms with Gasteiger partial charge in [-0.15, -0.1) is 0 Å². The summed E-state index contributed by atoms with van der Waals surface area (Å²) in [5.41, 5.74) is -0.781. The van der Waals surface area contributed by atoms with Gasteiger partial charge in [0, 0.05) is 12.3 Å². The molecule has 1 saturated heterocycles. The van der Waals surface area contributed by atoms with Crippen molar-refractivity contribution in [3.8, 4) is 0 Å². The van der Waals surface area contributed by atoms with Crippen LogP contribution in [0.15, 0.2) is 23.1 Å². The van der Waals surface area contributed by atoms with Crippen LogP contribution in [-0.2, 0) is 4.79 Å². The molecule has 6 heteroatoms. The summed E-state index contributed by atoms with van der Waals surface area (Å²) in [7, 11) is 0. The van der Waals surface area contributed by atoms with Gasteiger partial charge in [0.1, 0.15) is 5.54 Å². The molecule has 0 saturated carbocycles. The second-order valence-electron chi connectivity index (χ2n) is 4.17. The van der Waals surface area contributed by atoms with Crippen LogP contribution in [0.25, 0.3) is 0 Å². The lowest BCUT2D eigenvalue weighted by Crippen LogP contribution is -2.43. The quantitative estimate of drug-likeness (QED) is 0.736. The molecule has 6 nitrogen and oxygen atoms in total. The van der Waals surface area contributed by atoms with Gasteiger partial charge in [-0.05, 0) is 19.4 Å². The Morgan fingerprint density at radius 3 is 2.47 bits per heavy atom. The Hall–Kier alpha value is -2.11. The van der Waals surface area contributed by atoms with Crippen molar-refractivity contribution in [2.75, 3.05) is 4.90 Å². The van der Waals surface area contributed by atoms with E-state index in [0.717, 1.165) is 4.90 Å². The number of anilines is 1. The van der Waals surface area contributed by atoms with Gasteiger partial charge in [-0.3, -0.25) is 9.59 Å². The van der Waals surface area contributed by atoms with Crippen LogP contribution in [0.2, 0.25) is 0 Å². The number of nitrogens with zero attached hydrogens (tertiary/aromatic N) is 1. The zero-order valence-corrected chi connectivity index (χ0v) is 9.61. The summed E-state index contributed by atoms with van der Waals surface area (Å²) in [6, 6.07) is 2.25. The summed E-state index contributed by atoms with van der Waals surface area (Å²) in [5.74, 6) is -0.308. The van der Waals surface area contributed by atoms with Crippen LogP contribution in [0, 0.1) is 0 Å². The molecule has 0 bridgehead atoms. The summed E-state index contributed by atoms with van der Waals surface area (Å²) in [5, 5.41) is 2.64. The number of H-pyrrole nitrogens is 1.